The smallest absolute Gasteiger partial charge is 0.280 e. The van der Waals surface area contributed by atoms with Gasteiger partial charge in [-0.2, -0.15) is 0 Å². The van der Waals surface area contributed by atoms with E-state index >= 15 is 0 Å². The highest BCUT2D eigenvalue weighted by atomic mass is 32.2. The van der Waals surface area contributed by atoms with Gasteiger partial charge in [0, 0.05) is 96.0 Å². The van der Waals surface area contributed by atoms with Crippen LogP contribution < -0.4 is 31.9 Å². The van der Waals surface area contributed by atoms with Crippen molar-refractivity contribution < 1.29 is 74.4 Å². The van der Waals surface area contributed by atoms with Crippen LogP contribution in [0.15, 0.2) is 36.8 Å². The minimum atomic E-state index is -3.02. The van der Waals surface area contributed by atoms with Crippen LogP contribution in [0.25, 0.3) is 31.3 Å². The second-order valence-electron chi connectivity index (χ2n) is 31.1. The number of nitrogens with one attached hydrogen (secondary N) is 6. The predicted octanol–water partition coefficient (Wildman–Crippen LogP) is 9.72. The number of likely N-dealkylation sites (tertiary alicyclic amines) is 3. The van der Waals surface area contributed by atoms with Gasteiger partial charge in [-0.15, -0.1) is 34.0 Å². The number of aryl methyl sites for hydroxylation is 3. The fourth-order valence-corrected chi connectivity index (χ4v) is 19.3. The van der Waals surface area contributed by atoms with Crippen LogP contribution in [0.1, 0.15) is 203 Å². The molecule has 6 aromatic rings. The van der Waals surface area contributed by atoms with Gasteiger partial charge in [0.1, 0.15) is 44.4 Å². The summed E-state index contributed by atoms with van der Waals surface area (Å²) in [4.78, 5) is 112. The predicted molar refractivity (Wildman–Crippen MR) is 406 cm³/mol. The molecule has 27 nitrogen and oxygen atoms in total. The van der Waals surface area contributed by atoms with E-state index in [4.69, 9.17) is 9.47 Å². The quantitative estimate of drug-likeness (QED) is 0.0371. The van der Waals surface area contributed by atoms with Crippen LogP contribution in [-0.4, -0.2) is 234 Å². The van der Waals surface area contributed by atoms with Crippen LogP contribution in [-0.2, 0) is 19.3 Å². The maximum atomic E-state index is 14.1. The Balaban J connectivity index is 0.000000153. The normalized spacial score (nSPS) is 24.2. The summed E-state index contributed by atoms with van der Waals surface area (Å²) in [6.07, 6.45) is 11.6. The number of nitrogens with zero attached hydrogens (tertiary/aromatic N) is 9. The van der Waals surface area contributed by atoms with E-state index in [1.807, 2.05) is 64.6 Å². The highest BCUT2D eigenvalue weighted by Crippen LogP contribution is 2.43. The molecule has 6 aromatic heterocycles. The first-order chi connectivity index (χ1) is 51.4. The number of hydrogen-bond acceptors (Lipinski definition) is 24. The van der Waals surface area contributed by atoms with Crippen molar-refractivity contribution in [2.45, 2.75) is 224 Å². The molecule has 12 heterocycles. The number of carbonyl (C=O) groups is 6. The number of sulfone groups is 1. The second-order valence-corrected chi connectivity index (χ2v) is 36.4. The van der Waals surface area contributed by atoms with E-state index in [2.05, 4.69) is 75.7 Å². The van der Waals surface area contributed by atoms with Crippen LogP contribution >= 0.6 is 34.0 Å². The van der Waals surface area contributed by atoms with Gasteiger partial charge >= 0.3 is 0 Å². The maximum Gasteiger partial charge on any atom is 0.280 e. The largest absolute Gasteiger partial charge is 0.388 e. The van der Waals surface area contributed by atoms with Crippen LogP contribution in [0.5, 0.6) is 0 Å². The lowest BCUT2D eigenvalue weighted by molar-refractivity contribution is 0.0115. The molecule has 2 unspecified atom stereocenters. The molecule has 109 heavy (non-hydrogen) atoms. The molecule has 0 bridgehead atoms. The van der Waals surface area contributed by atoms with Crippen molar-refractivity contribution in [3.8, 4) is 31.3 Å². The summed E-state index contributed by atoms with van der Waals surface area (Å²) >= 11 is 3.18. The van der Waals surface area contributed by atoms with E-state index in [1.54, 1.807) is 32.4 Å². The molecule has 8 N–H and O–H groups in total. The number of aliphatic hydroxyl groups excluding tert-OH is 2. The molecule has 6 saturated heterocycles. The number of amides is 6. The van der Waals surface area contributed by atoms with Crippen LogP contribution in [0.2, 0.25) is 0 Å². The molecular weight excluding hydrogens is 1500 g/mol. The maximum absolute atomic E-state index is 14.1. The zero-order valence-corrected chi connectivity index (χ0v) is 65.9. The zero-order valence-electron chi connectivity index (χ0n) is 62.7. The number of halogens is 4. The number of hydrogen-bond donors (Lipinski definition) is 8. The molecule has 6 aliphatic heterocycles. The number of carbonyl (C=O) groups excluding carboxylic acids is 6. The molecule has 7 atom stereocenters. The lowest BCUT2D eigenvalue weighted by Crippen LogP contribution is -2.42. The number of rotatable bonds is 18. The van der Waals surface area contributed by atoms with E-state index in [0.717, 1.165) is 112 Å². The number of aliphatic hydroxyl groups is 2. The highest BCUT2D eigenvalue weighted by Gasteiger charge is 2.49. The minimum Gasteiger partial charge on any atom is -0.388 e. The Morgan fingerprint density at radius 2 is 0.917 bits per heavy atom. The molecule has 35 heteroatoms. The molecule has 2 saturated carbocycles. The van der Waals surface area contributed by atoms with Gasteiger partial charge in [0.25, 0.3) is 47.3 Å². The summed E-state index contributed by atoms with van der Waals surface area (Å²) in [6.45, 7) is 19.1. The lowest BCUT2D eigenvalue weighted by atomic mass is 9.78. The summed E-state index contributed by atoms with van der Waals surface area (Å²) in [5.74, 6) is -6.64. The van der Waals surface area contributed by atoms with Gasteiger partial charge < -0.3 is 66.3 Å². The molecule has 0 radical (unpaired) electrons. The fourth-order valence-electron chi connectivity index (χ4n) is 14.7. The fraction of sp³-hybridized carbons (Fsp3) is 0.595. The summed E-state index contributed by atoms with van der Waals surface area (Å²) in [7, 11) is -3.02. The van der Waals surface area contributed by atoms with E-state index in [1.165, 1.54) is 11.3 Å². The first kappa shape index (κ1) is 80.6. The van der Waals surface area contributed by atoms with Crippen molar-refractivity contribution in [1.29, 1.82) is 0 Å². The SMILES string of the molecule is Cc1cc(NC(C)C)ncc1-c1sc(C(=O)NC2CCS(=O)(=O)CC2)nc1C(=O)N1CCC[C@@H]1C.Cc1cc(NC2(C)CCC2)ncc1-c1sc(C(=O)NC2COCC2O)nc1C(=O)N1CC(F)(F)C[C@@H]1C.Cc1cc(NC2(C)CCC2)ncc1-c1sc(C(=O)N[C@H]2COC[C@@H]2O)nc1C(=O)N1CC(F)(F)C[C@@H]1C. The Bertz CT molecular complexity index is 4350. The Morgan fingerprint density at radius 1 is 0.541 bits per heavy atom. The summed E-state index contributed by atoms with van der Waals surface area (Å²) < 4.78 is 90.2. The van der Waals surface area contributed by atoms with Gasteiger partial charge in [-0.05, 0) is 168 Å². The van der Waals surface area contributed by atoms with Gasteiger partial charge in [0.2, 0.25) is 0 Å². The Kier molecular flexibility index (Phi) is 24.0. The van der Waals surface area contributed by atoms with E-state index in [-0.39, 0.29) is 111 Å². The molecule has 8 aliphatic rings. The van der Waals surface area contributed by atoms with E-state index in [9.17, 15) is 65.0 Å². The summed E-state index contributed by atoms with van der Waals surface area (Å²) in [6, 6.07) is 3.28. The number of pyridine rings is 3. The monoisotopic (exact) mass is 1590 g/mol. The average molecular weight is 1590 g/mol. The van der Waals surface area contributed by atoms with Gasteiger partial charge in [-0.3, -0.25) is 28.8 Å². The van der Waals surface area contributed by atoms with Crippen molar-refractivity contribution in [2.24, 2.45) is 0 Å². The number of anilines is 3. The molecule has 8 fully saturated rings. The van der Waals surface area contributed by atoms with Crippen molar-refractivity contribution in [2.75, 3.05) is 73.5 Å². The summed E-state index contributed by atoms with van der Waals surface area (Å²) in [5, 5.41) is 38.7. The number of alkyl halides is 4. The topological polar surface area (TPSA) is 355 Å². The highest BCUT2D eigenvalue weighted by molar-refractivity contribution is 7.91. The molecular formula is C74H95F4N15O12S4. The van der Waals surface area contributed by atoms with Crippen LogP contribution in [0.4, 0.5) is 35.0 Å². The third kappa shape index (κ3) is 18.7. The van der Waals surface area contributed by atoms with Gasteiger partial charge in [-0.1, -0.05) is 0 Å². The van der Waals surface area contributed by atoms with Crippen LogP contribution in [0, 0.1) is 20.8 Å². The average Bonchev–Trinajstić information content (AvgIpc) is 1.65. The van der Waals surface area contributed by atoms with Crippen molar-refractivity contribution in [3.63, 3.8) is 0 Å². The van der Waals surface area contributed by atoms with Crippen molar-refractivity contribution in [3.05, 3.63) is 85.6 Å². The van der Waals surface area contributed by atoms with Crippen molar-refractivity contribution >= 4 is 96.7 Å². The Hall–Kier alpha value is -7.93. The van der Waals surface area contributed by atoms with Gasteiger partial charge in [0.05, 0.1) is 89.9 Å². The lowest BCUT2D eigenvalue weighted by Gasteiger charge is -2.39. The number of thiazole rings is 3. The summed E-state index contributed by atoms with van der Waals surface area (Å²) in [5.41, 5.74) is 4.70. The molecule has 6 amide bonds. The molecule has 0 spiro atoms. The minimum absolute atomic E-state index is 0.000333. The van der Waals surface area contributed by atoms with Crippen molar-refractivity contribution in [1.82, 2.24) is 60.6 Å². The third-order valence-corrected chi connectivity index (χ3v) is 26.3. The number of ether oxygens (including phenoxy) is 2. The Morgan fingerprint density at radius 3 is 1.24 bits per heavy atom. The standard InChI is InChI=1S/2C25H31F2N5O4S.C24H33N5O4S2/c2*1-13-7-18(31-24(3)5-4-6-24)28-9-15(13)20-19(23(35)32-12-25(26,27)8-14(32)2)30-22(37-20)21(34)29-16-10-36-11-17(16)33;1-14(2)26-19-12-15(3)18(13-25-19)21-20(24(31)29-9-5-6-16(29)4)28-23(34-21)22(30)27-17-7-10-35(32,33)11-8-17/h2*7,9,14,16-17,33H,4-6,8,10-12H2,1-3H3,(H,28,31)(H,29,34);12-14,16-17H,5-11H2,1-4H3,(H,25,26)(H,27,30)/t14-,16?,17?;14-,16-,17-;16-/m000/s1. The zero-order chi connectivity index (χ0) is 78.4. The molecule has 0 aromatic carbocycles. The first-order valence-corrected chi connectivity index (χ1v) is 41.3. The second kappa shape index (κ2) is 32.4. The third-order valence-electron chi connectivity index (χ3n) is 21.4. The van der Waals surface area contributed by atoms with E-state index < -0.39 is 108 Å². The van der Waals surface area contributed by atoms with E-state index in [0.29, 0.717) is 56.8 Å². The molecule has 2 aliphatic carbocycles. The molecule has 14 rings (SSSR count). The first-order valence-electron chi connectivity index (χ1n) is 37.0. The number of aromatic nitrogens is 6. The van der Waals surface area contributed by atoms with Gasteiger partial charge in [-0.25, -0.2) is 55.9 Å². The molecule has 590 valence electrons. The van der Waals surface area contributed by atoms with Crippen LogP contribution in [0.3, 0.4) is 0 Å². The Labute approximate surface area is 642 Å². The van der Waals surface area contributed by atoms with Gasteiger partial charge in [0.15, 0.2) is 15.0 Å².